The molecular weight excluding hydrogens is 679 g/mol. The number of ether oxygens (including phenoxy) is 2. The van der Waals surface area contributed by atoms with E-state index in [1.807, 2.05) is 41.3 Å². The molecule has 0 bridgehead atoms. The van der Waals surface area contributed by atoms with E-state index in [4.69, 9.17) is 13.9 Å². The molecule has 1 atom stereocenters. The minimum Gasteiger partial charge on any atom is -0.456 e. The van der Waals surface area contributed by atoms with Crippen LogP contribution in [0.5, 0.6) is 11.5 Å². The van der Waals surface area contributed by atoms with Crippen molar-refractivity contribution in [1.82, 2.24) is 25.0 Å². The smallest absolute Gasteiger partial charge is 0.256 e. The van der Waals surface area contributed by atoms with Gasteiger partial charge in [-0.05, 0) is 50.6 Å². The molecule has 3 aromatic carbocycles. The topological polar surface area (TPSA) is 122 Å². The van der Waals surface area contributed by atoms with Crippen LogP contribution >= 0.6 is 0 Å². The first-order valence-corrected chi connectivity index (χ1v) is 18.8. The second-order valence-corrected chi connectivity index (χ2v) is 14.6. The summed E-state index contributed by atoms with van der Waals surface area (Å²) in [7, 11) is 0. The van der Waals surface area contributed by atoms with Crippen LogP contribution in [0, 0.1) is 5.82 Å². The van der Waals surface area contributed by atoms with Crippen molar-refractivity contribution in [1.29, 1.82) is 0 Å². The summed E-state index contributed by atoms with van der Waals surface area (Å²) in [5, 5.41) is 7.84. The fourth-order valence-corrected chi connectivity index (χ4v) is 8.35. The Morgan fingerprint density at radius 2 is 1.70 bits per heavy atom. The van der Waals surface area contributed by atoms with Crippen LogP contribution in [0.4, 0.5) is 10.1 Å². The molecule has 0 unspecified atom stereocenters. The first-order chi connectivity index (χ1) is 25.9. The Hall–Kier alpha value is -4.98. The van der Waals surface area contributed by atoms with E-state index in [-0.39, 0.29) is 34.3 Å². The number of fused-ring (bicyclic) bond motifs is 5. The van der Waals surface area contributed by atoms with Crippen molar-refractivity contribution in [3.63, 3.8) is 0 Å². The molecule has 2 N–H and O–H groups in total. The number of carbonyl (C=O) groups excluding carboxylic acids is 2. The van der Waals surface area contributed by atoms with Gasteiger partial charge in [-0.3, -0.25) is 19.3 Å². The van der Waals surface area contributed by atoms with Gasteiger partial charge in [-0.25, -0.2) is 4.39 Å². The molecule has 0 aliphatic carbocycles. The van der Waals surface area contributed by atoms with Gasteiger partial charge < -0.3 is 38.9 Å². The lowest BCUT2D eigenvalue weighted by Crippen LogP contribution is -2.42. The number of benzene rings is 3. The minimum absolute atomic E-state index is 0.00568. The van der Waals surface area contributed by atoms with E-state index in [1.165, 1.54) is 31.5 Å². The molecular formula is C40H43FN6O6. The van der Waals surface area contributed by atoms with Crippen LogP contribution in [0.1, 0.15) is 42.5 Å². The number of hydrogen-bond acceptors (Lipinski definition) is 9. The Morgan fingerprint density at radius 3 is 2.55 bits per heavy atom. The molecule has 9 rings (SSSR count). The van der Waals surface area contributed by atoms with Gasteiger partial charge in [0.2, 0.25) is 11.3 Å². The van der Waals surface area contributed by atoms with Crippen molar-refractivity contribution < 1.29 is 27.9 Å². The Labute approximate surface area is 305 Å². The first-order valence-electron chi connectivity index (χ1n) is 18.8. The van der Waals surface area contributed by atoms with Crippen LogP contribution in [0.2, 0.25) is 0 Å². The molecule has 2 amide bonds. The number of halogens is 1. The quantitative estimate of drug-likeness (QED) is 0.218. The molecule has 2 aromatic heterocycles. The highest BCUT2D eigenvalue weighted by molar-refractivity contribution is 6.07. The standard InChI is InChI=1S/C40H43FN6O6/c41-30-20-28-36-39(37(30)46-14-8-25(23-46)43-35(48)9-13-44-11-4-1-5-12-44)53-34-21-27-26-6-2-3-7-32(26)52-33(27)22-31(34)47(36)24-29(38(28)49)40(50)42-10-15-45-16-18-51-19-17-45/h2-3,6-7,20-22,24-25H,1,4-5,8-19,23H2,(H,42,50)(H,43,48)/t25-/m1/s1. The van der Waals surface area contributed by atoms with Crippen LogP contribution in [0.3, 0.4) is 0 Å². The largest absolute Gasteiger partial charge is 0.456 e. The molecule has 3 saturated heterocycles. The lowest BCUT2D eigenvalue weighted by Gasteiger charge is -2.29. The van der Waals surface area contributed by atoms with E-state index >= 15 is 4.39 Å². The monoisotopic (exact) mass is 722 g/mol. The number of likely N-dealkylation sites (tertiary alicyclic amines) is 1. The number of morpholine rings is 1. The molecule has 0 radical (unpaired) electrons. The molecule has 53 heavy (non-hydrogen) atoms. The summed E-state index contributed by atoms with van der Waals surface area (Å²) in [6, 6.07) is 12.5. The molecule has 0 spiro atoms. The summed E-state index contributed by atoms with van der Waals surface area (Å²) in [5.74, 6) is -0.525. The number of para-hydroxylation sites is 1. The zero-order valence-electron chi connectivity index (χ0n) is 29.6. The Balaban J connectivity index is 1.06. The van der Waals surface area contributed by atoms with Crippen LogP contribution < -0.4 is 25.7 Å². The third-order valence-corrected chi connectivity index (χ3v) is 11.1. The molecule has 3 fully saturated rings. The van der Waals surface area contributed by atoms with Gasteiger partial charge in [-0.15, -0.1) is 0 Å². The number of nitrogens with zero attached hydrogens (tertiary/aromatic N) is 4. The maximum absolute atomic E-state index is 16.5. The second kappa shape index (κ2) is 14.1. The summed E-state index contributed by atoms with van der Waals surface area (Å²) in [5.41, 5.74) is 1.80. The van der Waals surface area contributed by atoms with Crippen LogP contribution in [-0.4, -0.2) is 104 Å². The fraction of sp³-hybridized carbons (Fsp3) is 0.425. The number of carbonyl (C=O) groups is 2. The van der Waals surface area contributed by atoms with Crippen molar-refractivity contribution in [3.05, 3.63) is 70.3 Å². The average Bonchev–Trinajstić information content (AvgIpc) is 3.78. The van der Waals surface area contributed by atoms with E-state index in [9.17, 15) is 14.4 Å². The molecule has 0 saturated carbocycles. The van der Waals surface area contributed by atoms with Gasteiger partial charge in [0, 0.05) is 81.3 Å². The Kier molecular flexibility index (Phi) is 9.00. The predicted molar refractivity (Wildman–Crippen MR) is 200 cm³/mol. The molecule has 4 aliphatic rings. The van der Waals surface area contributed by atoms with E-state index < -0.39 is 17.2 Å². The molecule has 13 heteroatoms. The van der Waals surface area contributed by atoms with Crippen molar-refractivity contribution in [2.75, 3.05) is 77.0 Å². The third-order valence-electron chi connectivity index (χ3n) is 11.1. The van der Waals surface area contributed by atoms with Gasteiger partial charge in [0.1, 0.15) is 27.9 Å². The fourth-order valence-electron chi connectivity index (χ4n) is 8.35. The summed E-state index contributed by atoms with van der Waals surface area (Å²) >= 11 is 0. The summed E-state index contributed by atoms with van der Waals surface area (Å²) in [4.78, 5) is 47.0. The van der Waals surface area contributed by atoms with E-state index in [0.717, 1.165) is 43.5 Å². The number of furan rings is 1. The number of pyridine rings is 1. The zero-order valence-corrected chi connectivity index (χ0v) is 29.6. The lowest BCUT2D eigenvalue weighted by molar-refractivity contribution is -0.122. The number of aromatic nitrogens is 1. The molecule has 4 aliphatic heterocycles. The van der Waals surface area contributed by atoms with Crippen molar-refractivity contribution in [3.8, 4) is 17.2 Å². The van der Waals surface area contributed by atoms with Gasteiger partial charge in [0.15, 0.2) is 17.3 Å². The van der Waals surface area contributed by atoms with Gasteiger partial charge in [-0.1, -0.05) is 24.6 Å². The van der Waals surface area contributed by atoms with E-state index in [2.05, 4.69) is 20.4 Å². The first kappa shape index (κ1) is 33.8. The van der Waals surface area contributed by atoms with Crippen molar-refractivity contribution in [2.45, 2.75) is 38.1 Å². The van der Waals surface area contributed by atoms with Gasteiger partial charge >= 0.3 is 0 Å². The Bertz CT molecular complexity index is 2290. The van der Waals surface area contributed by atoms with Crippen molar-refractivity contribution >= 4 is 50.3 Å². The van der Waals surface area contributed by atoms with Crippen LogP contribution in [-0.2, 0) is 9.53 Å². The number of piperidine rings is 1. The highest BCUT2D eigenvalue weighted by atomic mass is 19.1. The van der Waals surface area contributed by atoms with Gasteiger partial charge in [-0.2, -0.15) is 0 Å². The highest BCUT2D eigenvalue weighted by Gasteiger charge is 2.34. The number of amides is 2. The van der Waals surface area contributed by atoms with Crippen LogP contribution in [0.25, 0.3) is 38.5 Å². The van der Waals surface area contributed by atoms with Gasteiger partial charge in [0.25, 0.3) is 5.91 Å². The number of rotatable bonds is 9. The minimum atomic E-state index is -0.628. The lowest BCUT2D eigenvalue weighted by atomic mass is 10.0. The van der Waals surface area contributed by atoms with Crippen molar-refractivity contribution in [2.24, 2.45) is 0 Å². The zero-order chi connectivity index (χ0) is 36.1. The normalized spacial score (nSPS) is 19.1. The molecule has 276 valence electrons. The summed E-state index contributed by atoms with van der Waals surface area (Å²) < 4.78 is 36.5. The maximum atomic E-state index is 16.5. The van der Waals surface area contributed by atoms with Crippen LogP contribution in [0.15, 0.2) is 57.9 Å². The summed E-state index contributed by atoms with van der Waals surface area (Å²) in [6.07, 6.45) is 6.19. The van der Waals surface area contributed by atoms with Gasteiger partial charge in [0.05, 0.1) is 24.3 Å². The Morgan fingerprint density at radius 1 is 0.887 bits per heavy atom. The predicted octanol–water partition coefficient (Wildman–Crippen LogP) is 4.77. The molecule has 12 nitrogen and oxygen atoms in total. The SMILES string of the molecule is O=C(CCN1CCCCC1)N[C@@H]1CCN(c2c(F)cc3c(=O)c(C(=O)NCCN4CCOCC4)cn4c3c2Oc2cc3c(cc2-4)oc2ccccc23)C1. The number of nitrogens with one attached hydrogen (secondary N) is 2. The molecule has 5 aromatic rings. The average molecular weight is 723 g/mol. The second-order valence-electron chi connectivity index (χ2n) is 14.6. The maximum Gasteiger partial charge on any atom is 0.256 e. The van der Waals surface area contributed by atoms with E-state index in [1.54, 1.807) is 4.57 Å². The third kappa shape index (κ3) is 6.40. The van der Waals surface area contributed by atoms with E-state index in [0.29, 0.717) is 80.4 Å². The summed E-state index contributed by atoms with van der Waals surface area (Å²) in [6.45, 7) is 7.49. The highest BCUT2D eigenvalue weighted by Crippen LogP contribution is 2.49. The number of hydrogen-bond donors (Lipinski definition) is 2. The molecule has 6 heterocycles. The number of anilines is 1.